The zero-order valence-corrected chi connectivity index (χ0v) is 14.8. The minimum absolute atomic E-state index is 0.120. The molecular weight excluding hydrogens is 298 g/mol. The van der Waals surface area contributed by atoms with Gasteiger partial charge in [0.2, 0.25) is 0 Å². The van der Waals surface area contributed by atoms with Gasteiger partial charge in [-0.25, -0.2) is 0 Å². The van der Waals surface area contributed by atoms with Gasteiger partial charge in [-0.05, 0) is 80.6 Å². The average molecular weight is 327 g/mol. The first-order valence-electron chi connectivity index (χ1n) is 9.55. The molecule has 0 aromatic rings. The van der Waals surface area contributed by atoms with E-state index in [0.717, 1.165) is 44.2 Å². The van der Waals surface area contributed by atoms with Crippen molar-refractivity contribution in [1.82, 2.24) is 0 Å². The van der Waals surface area contributed by atoms with Crippen molar-refractivity contribution < 1.29 is 10.3 Å². The van der Waals surface area contributed by atoms with E-state index in [1.165, 1.54) is 12.0 Å². The number of nitrogens with zero attached hydrogens (tertiary/aromatic N) is 1. The lowest BCUT2D eigenvalue weighted by Gasteiger charge is -2.56. The van der Waals surface area contributed by atoms with Crippen LogP contribution in [0.3, 0.4) is 0 Å². The summed E-state index contributed by atoms with van der Waals surface area (Å²) in [4.78, 5) is 0. The van der Waals surface area contributed by atoms with Crippen LogP contribution in [0.5, 0.6) is 0 Å². The third kappa shape index (κ3) is 1.99. The van der Waals surface area contributed by atoms with Gasteiger partial charge < -0.3 is 10.3 Å². The fourth-order valence-electron chi connectivity index (χ4n) is 6.94. The standard InChI is InChI=1S/C21H29NO2/c1-4-21(23)10-8-18-19-13(2)11-14-12-15(22-24)5-6-16(14)17(19)7-9-20(18,21)3/h1,12-13,16-19,23-24H,5-11H2,2-3H3/t13-,16+,17+,18-,19-,20+,21-/m1/s1. The maximum Gasteiger partial charge on any atom is 0.130 e. The quantitative estimate of drug-likeness (QED) is 0.401. The topological polar surface area (TPSA) is 52.8 Å². The number of fused-ring (bicyclic) bond motifs is 5. The number of hydrogen-bond donors (Lipinski definition) is 2. The monoisotopic (exact) mass is 327 g/mol. The summed E-state index contributed by atoms with van der Waals surface area (Å²) in [7, 11) is 0. The molecule has 0 heterocycles. The molecule has 0 radical (unpaired) electrons. The molecule has 24 heavy (non-hydrogen) atoms. The third-order valence-corrected chi connectivity index (χ3v) is 8.17. The van der Waals surface area contributed by atoms with E-state index in [1.807, 2.05) is 0 Å². The van der Waals surface area contributed by atoms with Crippen LogP contribution in [0.15, 0.2) is 16.8 Å². The van der Waals surface area contributed by atoms with Gasteiger partial charge >= 0.3 is 0 Å². The van der Waals surface area contributed by atoms with Crippen LogP contribution in [0.1, 0.15) is 58.8 Å². The summed E-state index contributed by atoms with van der Waals surface area (Å²) in [5, 5.41) is 23.6. The summed E-state index contributed by atoms with van der Waals surface area (Å²) in [5.74, 6) is 5.93. The van der Waals surface area contributed by atoms with Gasteiger partial charge in [0, 0.05) is 5.41 Å². The van der Waals surface area contributed by atoms with Crippen LogP contribution in [0.4, 0.5) is 0 Å². The molecule has 0 aromatic heterocycles. The molecule has 4 aliphatic carbocycles. The average Bonchev–Trinajstić information content (AvgIpc) is 2.86. The number of rotatable bonds is 0. The number of allylic oxidation sites excluding steroid dienone is 2. The van der Waals surface area contributed by atoms with Crippen LogP contribution >= 0.6 is 0 Å². The molecule has 0 amide bonds. The Balaban J connectivity index is 1.68. The van der Waals surface area contributed by atoms with Crippen molar-refractivity contribution in [1.29, 1.82) is 0 Å². The van der Waals surface area contributed by atoms with Gasteiger partial charge in [-0.1, -0.05) is 30.5 Å². The Kier molecular flexibility index (Phi) is 3.62. The lowest BCUT2D eigenvalue weighted by Crippen LogP contribution is -2.53. The maximum atomic E-state index is 11.0. The summed E-state index contributed by atoms with van der Waals surface area (Å²) in [5.41, 5.74) is 1.30. The molecule has 4 aliphatic rings. The highest BCUT2D eigenvalue weighted by Gasteiger charge is 2.62. The molecule has 0 saturated heterocycles. The molecule has 0 bridgehead atoms. The van der Waals surface area contributed by atoms with E-state index in [2.05, 4.69) is 31.0 Å². The maximum absolute atomic E-state index is 11.0. The van der Waals surface area contributed by atoms with Gasteiger partial charge in [0.15, 0.2) is 0 Å². The van der Waals surface area contributed by atoms with Gasteiger partial charge in [0.25, 0.3) is 0 Å². The molecule has 3 nitrogen and oxygen atoms in total. The van der Waals surface area contributed by atoms with Gasteiger partial charge in [-0.15, -0.1) is 6.42 Å². The molecule has 0 unspecified atom stereocenters. The van der Waals surface area contributed by atoms with Crippen LogP contribution in [0.25, 0.3) is 0 Å². The second kappa shape index (κ2) is 5.36. The molecule has 4 rings (SSSR count). The van der Waals surface area contributed by atoms with E-state index in [4.69, 9.17) is 11.6 Å². The lowest BCUT2D eigenvalue weighted by atomic mass is 9.48. The summed E-state index contributed by atoms with van der Waals surface area (Å²) >= 11 is 0. The van der Waals surface area contributed by atoms with Gasteiger partial charge in [0.05, 0.1) is 5.71 Å². The Labute approximate surface area is 145 Å². The molecule has 3 heteroatoms. The van der Waals surface area contributed by atoms with E-state index in [9.17, 15) is 5.11 Å². The minimum atomic E-state index is -0.915. The number of terminal acetylenes is 1. The zero-order valence-electron chi connectivity index (χ0n) is 14.8. The van der Waals surface area contributed by atoms with Crippen molar-refractivity contribution in [2.45, 2.75) is 64.4 Å². The largest absolute Gasteiger partial charge is 0.411 e. The van der Waals surface area contributed by atoms with Crippen molar-refractivity contribution >= 4 is 5.71 Å². The summed E-state index contributed by atoms with van der Waals surface area (Å²) in [6.45, 7) is 4.62. The predicted octanol–water partition coefficient (Wildman–Crippen LogP) is 4.00. The van der Waals surface area contributed by atoms with Crippen molar-refractivity contribution in [2.24, 2.45) is 40.2 Å². The van der Waals surface area contributed by atoms with Gasteiger partial charge in [-0.3, -0.25) is 0 Å². The van der Waals surface area contributed by atoms with Crippen LogP contribution in [-0.2, 0) is 0 Å². The Morgan fingerprint density at radius 3 is 2.79 bits per heavy atom. The number of hydrogen-bond acceptors (Lipinski definition) is 3. The Morgan fingerprint density at radius 2 is 2.08 bits per heavy atom. The molecule has 3 fully saturated rings. The van der Waals surface area contributed by atoms with Crippen molar-refractivity contribution in [2.75, 3.05) is 0 Å². The second-order valence-corrected chi connectivity index (χ2v) is 8.98. The smallest absolute Gasteiger partial charge is 0.130 e. The van der Waals surface area contributed by atoms with Crippen LogP contribution in [0.2, 0.25) is 0 Å². The van der Waals surface area contributed by atoms with E-state index in [1.54, 1.807) is 0 Å². The zero-order chi connectivity index (χ0) is 17.1. The first kappa shape index (κ1) is 16.2. The Morgan fingerprint density at radius 1 is 1.29 bits per heavy atom. The molecule has 2 N–H and O–H groups in total. The fraction of sp³-hybridized carbons (Fsp3) is 0.762. The summed E-state index contributed by atoms with van der Waals surface area (Å²) < 4.78 is 0. The fourth-order valence-corrected chi connectivity index (χ4v) is 6.94. The van der Waals surface area contributed by atoms with Crippen molar-refractivity contribution in [3.8, 4) is 12.3 Å². The molecule has 0 aromatic carbocycles. The highest BCUT2D eigenvalue weighted by molar-refractivity contribution is 5.96. The highest BCUT2D eigenvalue weighted by atomic mass is 16.4. The van der Waals surface area contributed by atoms with Crippen LogP contribution in [-0.4, -0.2) is 21.6 Å². The first-order chi connectivity index (χ1) is 11.4. The van der Waals surface area contributed by atoms with Crippen molar-refractivity contribution in [3.05, 3.63) is 11.6 Å². The first-order valence-corrected chi connectivity index (χ1v) is 9.55. The summed E-state index contributed by atoms with van der Waals surface area (Å²) in [6, 6.07) is 0. The SMILES string of the molecule is C#C[C@@]1(O)CC[C@@H]2[C@H]3[C@@H](CC[C@@]21C)[C@H]1CCC(=NO)C=C1C[C@H]3C. The van der Waals surface area contributed by atoms with Crippen molar-refractivity contribution in [3.63, 3.8) is 0 Å². The highest BCUT2D eigenvalue weighted by Crippen LogP contribution is 2.65. The number of aliphatic hydroxyl groups is 1. The van der Waals surface area contributed by atoms with Crippen LogP contribution in [0, 0.1) is 47.3 Å². The van der Waals surface area contributed by atoms with E-state index in [-0.39, 0.29) is 5.41 Å². The van der Waals surface area contributed by atoms with Gasteiger partial charge in [0.1, 0.15) is 5.60 Å². The normalized spacial score (nSPS) is 52.0. The van der Waals surface area contributed by atoms with E-state index < -0.39 is 5.60 Å². The molecule has 7 atom stereocenters. The minimum Gasteiger partial charge on any atom is -0.411 e. The lowest BCUT2D eigenvalue weighted by molar-refractivity contribution is -0.0975. The molecule has 3 saturated carbocycles. The summed E-state index contributed by atoms with van der Waals surface area (Å²) in [6.07, 6.45) is 15.0. The second-order valence-electron chi connectivity index (χ2n) is 8.98. The Bertz CT molecular complexity index is 645. The van der Waals surface area contributed by atoms with E-state index in [0.29, 0.717) is 29.6 Å². The third-order valence-electron chi connectivity index (χ3n) is 8.17. The number of oxime groups is 1. The molecular formula is C21H29NO2. The Hall–Kier alpha value is -1.27. The van der Waals surface area contributed by atoms with Gasteiger partial charge in [-0.2, -0.15) is 0 Å². The molecule has 0 aliphatic heterocycles. The predicted molar refractivity (Wildman–Crippen MR) is 94.6 cm³/mol. The van der Waals surface area contributed by atoms with Crippen LogP contribution < -0.4 is 0 Å². The van der Waals surface area contributed by atoms with E-state index >= 15 is 0 Å². The molecule has 130 valence electrons. The molecule has 0 spiro atoms.